The molecule has 1 saturated heterocycles. The molecule has 3 heterocycles. The molecule has 37 heavy (non-hydrogen) atoms. The quantitative estimate of drug-likeness (QED) is 0.274. The zero-order valence-corrected chi connectivity index (χ0v) is 20.1. The molecule has 1 aliphatic heterocycles. The zero-order chi connectivity index (χ0) is 26.1. The van der Waals surface area contributed by atoms with E-state index in [4.69, 9.17) is 24.4 Å². The maximum absolute atomic E-state index is 14.8. The first-order valence-electron chi connectivity index (χ1n) is 11.4. The van der Waals surface area contributed by atoms with Gasteiger partial charge in [0.1, 0.15) is 11.4 Å². The van der Waals surface area contributed by atoms with E-state index < -0.39 is 23.0 Å². The van der Waals surface area contributed by atoms with Crippen LogP contribution in [0.1, 0.15) is 16.1 Å². The molecule has 0 saturated carbocycles. The average Bonchev–Trinajstić information content (AvgIpc) is 3.34. The molecule has 0 amide bonds. The number of ketones is 1. The SMILES string of the molecule is COc1cc(OC)c(F)c(C(=O)c2cc3cc(Nc4ccc(N5CCOCC5)cc4N)ncc3o2)c1F. The van der Waals surface area contributed by atoms with Crippen LogP contribution >= 0.6 is 0 Å². The van der Waals surface area contributed by atoms with E-state index >= 15 is 0 Å². The largest absolute Gasteiger partial charge is 0.494 e. The summed E-state index contributed by atoms with van der Waals surface area (Å²) in [6.07, 6.45) is 1.41. The van der Waals surface area contributed by atoms with E-state index in [1.165, 1.54) is 26.5 Å². The number of aromatic nitrogens is 1. The van der Waals surface area contributed by atoms with Crippen molar-refractivity contribution in [3.63, 3.8) is 0 Å². The Bertz CT molecular complexity index is 1460. The summed E-state index contributed by atoms with van der Waals surface area (Å²) in [5.74, 6) is -3.78. The number of morpholine rings is 1. The summed E-state index contributed by atoms with van der Waals surface area (Å²) in [4.78, 5) is 19.5. The molecule has 3 N–H and O–H groups in total. The molecule has 11 heteroatoms. The summed E-state index contributed by atoms with van der Waals surface area (Å²) in [6.45, 7) is 2.93. The molecule has 4 aromatic rings. The van der Waals surface area contributed by atoms with Crippen LogP contribution in [-0.4, -0.2) is 51.3 Å². The normalized spacial score (nSPS) is 13.6. The number of fused-ring (bicyclic) bond motifs is 1. The monoisotopic (exact) mass is 510 g/mol. The summed E-state index contributed by atoms with van der Waals surface area (Å²) in [5, 5.41) is 3.65. The van der Waals surface area contributed by atoms with Crippen molar-refractivity contribution in [3.05, 3.63) is 65.6 Å². The third kappa shape index (κ3) is 4.60. The fourth-order valence-electron chi connectivity index (χ4n) is 4.15. The molecule has 0 radical (unpaired) electrons. The van der Waals surface area contributed by atoms with E-state index in [-0.39, 0.29) is 22.8 Å². The predicted molar refractivity (Wildman–Crippen MR) is 134 cm³/mol. The fraction of sp³-hybridized carbons (Fsp3) is 0.231. The summed E-state index contributed by atoms with van der Waals surface area (Å²) in [7, 11) is 2.41. The maximum atomic E-state index is 14.8. The van der Waals surface area contributed by atoms with Crippen LogP contribution in [0, 0.1) is 11.6 Å². The van der Waals surface area contributed by atoms with Gasteiger partial charge >= 0.3 is 0 Å². The van der Waals surface area contributed by atoms with E-state index in [1.54, 1.807) is 6.07 Å². The number of anilines is 4. The second kappa shape index (κ2) is 9.94. The van der Waals surface area contributed by atoms with Crippen molar-refractivity contribution < 1.29 is 32.2 Å². The number of benzene rings is 2. The number of ether oxygens (including phenoxy) is 3. The number of halogens is 2. The van der Waals surface area contributed by atoms with Gasteiger partial charge in [0.25, 0.3) is 0 Å². The van der Waals surface area contributed by atoms with Gasteiger partial charge in [-0.05, 0) is 30.3 Å². The van der Waals surface area contributed by atoms with Crippen LogP contribution in [0.2, 0.25) is 0 Å². The molecule has 0 atom stereocenters. The van der Waals surface area contributed by atoms with Gasteiger partial charge in [-0.1, -0.05) is 0 Å². The summed E-state index contributed by atoms with van der Waals surface area (Å²) < 4.78 is 50.4. The van der Waals surface area contributed by atoms with E-state index in [2.05, 4.69) is 15.2 Å². The molecule has 1 fully saturated rings. The van der Waals surface area contributed by atoms with Gasteiger partial charge in [-0.15, -0.1) is 0 Å². The molecular formula is C26H24F2N4O5. The van der Waals surface area contributed by atoms with Gasteiger partial charge in [0.05, 0.1) is 45.0 Å². The average molecular weight is 510 g/mol. The first-order chi connectivity index (χ1) is 17.9. The summed E-state index contributed by atoms with van der Waals surface area (Å²) in [6, 6.07) is 9.76. The number of pyridine rings is 1. The molecule has 2 aromatic carbocycles. The van der Waals surface area contributed by atoms with Gasteiger partial charge < -0.3 is 34.6 Å². The van der Waals surface area contributed by atoms with Crippen LogP contribution in [0.4, 0.5) is 31.7 Å². The Morgan fingerprint density at radius 3 is 2.41 bits per heavy atom. The third-order valence-electron chi connectivity index (χ3n) is 6.10. The van der Waals surface area contributed by atoms with Gasteiger partial charge in [0.2, 0.25) is 5.78 Å². The first kappa shape index (κ1) is 24.3. The van der Waals surface area contributed by atoms with Crippen LogP contribution < -0.4 is 25.4 Å². The molecule has 192 valence electrons. The van der Waals surface area contributed by atoms with Crippen molar-refractivity contribution in [2.24, 2.45) is 0 Å². The Balaban J connectivity index is 1.41. The minimum absolute atomic E-state index is 0.264. The Kier molecular flexibility index (Phi) is 6.53. The fourth-order valence-corrected chi connectivity index (χ4v) is 4.15. The molecule has 2 aromatic heterocycles. The minimum atomic E-state index is -1.15. The zero-order valence-electron chi connectivity index (χ0n) is 20.1. The number of nitrogens with zero attached hydrogens (tertiary/aromatic N) is 2. The lowest BCUT2D eigenvalue weighted by Gasteiger charge is -2.29. The van der Waals surface area contributed by atoms with E-state index in [0.29, 0.717) is 35.8 Å². The van der Waals surface area contributed by atoms with Crippen molar-refractivity contribution >= 4 is 39.6 Å². The maximum Gasteiger partial charge on any atom is 0.234 e. The smallest absolute Gasteiger partial charge is 0.234 e. The highest BCUT2D eigenvalue weighted by atomic mass is 19.1. The molecule has 0 unspecified atom stereocenters. The number of hydrogen-bond donors (Lipinski definition) is 2. The van der Waals surface area contributed by atoms with Crippen LogP contribution in [0.15, 0.2) is 47.0 Å². The Morgan fingerprint density at radius 2 is 1.76 bits per heavy atom. The molecule has 0 aliphatic carbocycles. The number of nitrogen functional groups attached to an aromatic ring is 1. The van der Waals surface area contributed by atoms with Gasteiger partial charge in [0, 0.05) is 30.2 Å². The number of nitrogens with one attached hydrogen (secondary N) is 1. The third-order valence-corrected chi connectivity index (χ3v) is 6.10. The second-order valence-corrected chi connectivity index (χ2v) is 8.33. The standard InChI is InChI=1S/C26H24F2N4O5/c1-34-18-12-19(35-2)25(28)23(24(18)27)26(33)20-9-14-10-22(30-13-21(14)37-20)31-17-4-3-15(11-16(17)29)32-5-7-36-8-6-32/h3-4,9-13H,5-8,29H2,1-2H3,(H,30,31). The predicted octanol–water partition coefficient (Wildman–Crippen LogP) is 4.52. The lowest BCUT2D eigenvalue weighted by molar-refractivity contribution is 0.100. The van der Waals surface area contributed by atoms with Crippen molar-refractivity contribution in [2.75, 3.05) is 56.5 Å². The lowest BCUT2D eigenvalue weighted by atomic mass is 10.1. The lowest BCUT2D eigenvalue weighted by Crippen LogP contribution is -2.36. The Hall–Kier alpha value is -4.38. The van der Waals surface area contributed by atoms with E-state index in [0.717, 1.165) is 24.8 Å². The molecule has 9 nitrogen and oxygen atoms in total. The number of carbonyl (C=O) groups is 1. The van der Waals surface area contributed by atoms with Crippen LogP contribution in [-0.2, 0) is 4.74 Å². The Labute approximate surface area is 210 Å². The molecular weight excluding hydrogens is 486 g/mol. The first-order valence-corrected chi connectivity index (χ1v) is 11.4. The number of furan rings is 1. The van der Waals surface area contributed by atoms with Crippen LogP contribution in [0.25, 0.3) is 11.0 Å². The van der Waals surface area contributed by atoms with Gasteiger partial charge in [-0.25, -0.2) is 13.8 Å². The van der Waals surface area contributed by atoms with Gasteiger partial charge in [-0.2, -0.15) is 0 Å². The summed E-state index contributed by atoms with van der Waals surface area (Å²) >= 11 is 0. The van der Waals surface area contributed by atoms with Crippen molar-refractivity contribution in [2.45, 2.75) is 0 Å². The van der Waals surface area contributed by atoms with E-state index in [1.807, 2.05) is 18.2 Å². The van der Waals surface area contributed by atoms with Gasteiger partial charge in [-0.3, -0.25) is 4.79 Å². The number of rotatable bonds is 7. The number of hydrogen-bond acceptors (Lipinski definition) is 9. The van der Waals surface area contributed by atoms with Crippen molar-refractivity contribution in [1.82, 2.24) is 4.98 Å². The summed E-state index contributed by atoms with van der Waals surface area (Å²) in [5.41, 5.74) is 7.88. The number of nitrogens with two attached hydrogens (primary N) is 1. The number of methoxy groups -OCH3 is 2. The van der Waals surface area contributed by atoms with Crippen LogP contribution in [0.5, 0.6) is 11.5 Å². The molecule has 0 spiro atoms. The molecule has 1 aliphatic rings. The van der Waals surface area contributed by atoms with Gasteiger partial charge in [0.15, 0.2) is 34.5 Å². The van der Waals surface area contributed by atoms with Crippen LogP contribution in [0.3, 0.4) is 0 Å². The van der Waals surface area contributed by atoms with Crippen molar-refractivity contribution in [3.8, 4) is 11.5 Å². The topological polar surface area (TPSA) is 112 Å². The molecule has 5 rings (SSSR count). The van der Waals surface area contributed by atoms with E-state index in [9.17, 15) is 13.6 Å². The highest BCUT2D eigenvalue weighted by Crippen LogP contribution is 2.34. The minimum Gasteiger partial charge on any atom is -0.494 e. The second-order valence-electron chi connectivity index (χ2n) is 8.33. The highest BCUT2D eigenvalue weighted by molar-refractivity contribution is 6.10. The highest BCUT2D eigenvalue weighted by Gasteiger charge is 2.28. The van der Waals surface area contributed by atoms with Crippen molar-refractivity contribution in [1.29, 1.82) is 0 Å². The number of carbonyl (C=O) groups excluding carboxylic acids is 1. The Morgan fingerprint density at radius 1 is 1.05 bits per heavy atom. The molecule has 0 bridgehead atoms.